The number of hydrogen-bond donors (Lipinski definition) is 0. The predicted molar refractivity (Wildman–Crippen MR) is 128 cm³/mol. The minimum absolute atomic E-state index is 0.0267. The number of unbranched alkanes of at least 4 members (excludes halogenated alkanes) is 2. The monoisotopic (exact) mass is 389 g/mol. The molecule has 0 N–H and O–H groups in total. The Hall–Kier alpha value is -2.35. The molecule has 1 heterocycles. The maximum absolute atomic E-state index is 2.54. The molecule has 0 radical (unpaired) electrons. The highest BCUT2D eigenvalue weighted by atomic mass is 15.1. The van der Waals surface area contributed by atoms with E-state index in [4.69, 9.17) is 0 Å². The second-order valence-corrected chi connectivity index (χ2v) is 8.71. The van der Waals surface area contributed by atoms with E-state index in [1.54, 1.807) is 0 Å². The van der Waals surface area contributed by atoms with Gasteiger partial charge in [0.2, 0.25) is 5.69 Å². The summed E-state index contributed by atoms with van der Waals surface area (Å²) in [5.74, 6) is 0. The normalized spacial score (nSPS) is 15.2. The van der Waals surface area contributed by atoms with Gasteiger partial charge < -0.3 is 4.90 Å². The average molecular weight is 390 g/mol. The Bertz CT molecular complexity index is 864. The molecule has 0 aliphatic carbocycles. The molecule has 0 amide bonds. The van der Waals surface area contributed by atoms with Crippen molar-refractivity contribution in [3.8, 4) is 0 Å². The number of para-hydroxylation sites is 1. The van der Waals surface area contributed by atoms with Crippen molar-refractivity contribution in [3.63, 3.8) is 0 Å². The van der Waals surface area contributed by atoms with Crippen molar-refractivity contribution >= 4 is 23.2 Å². The lowest BCUT2D eigenvalue weighted by Gasteiger charge is -2.24. The minimum Gasteiger partial charge on any atom is -0.372 e. The van der Waals surface area contributed by atoms with Crippen LogP contribution in [0.4, 0.5) is 11.4 Å². The number of anilines is 1. The fraction of sp³-hybridized carbons (Fsp3) is 0.444. The fourth-order valence-electron chi connectivity index (χ4n) is 4.34. The molecule has 3 rings (SSSR count). The Morgan fingerprint density at radius 1 is 0.862 bits per heavy atom. The van der Waals surface area contributed by atoms with Crippen LogP contribution in [0, 0.1) is 0 Å². The van der Waals surface area contributed by atoms with Crippen LogP contribution in [0.15, 0.2) is 54.6 Å². The first kappa shape index (κ1) is 21.4. The molecular formula is C27H37N2+. The number of hydrogen-bond acceptors (Lipinski definition) is 1. The topological polar surface area (TPSA) is 6.25 Å². The molecule has 29 heavy (non-hydrogen) atoms. The van der Waals surface area contributed by atoms with Gasteiger partial charge in [-0.3, -0.25) is 0 Å². The highest BCUT2D eigenvalue weighted by molar-refractivity contribution is 6.05. The van der Waals surface area contributed by atoms with Gasteiger partial charge in [0.05, 0.1) is 5.41 Å². The Labute approximate surface area is 177 Å². The minimum atomic E-state index is 0.0267. The van der Waals surface area contributed by atoms with E-state index in [9.17, 15) is 0 Å². The maximum Gasteiger partial charge on any atom is 0.209 e. The molecule has 2 aromatic rings. The van der Waals surface area contributed by atoms with Crippen LogP contribution in [-0.2, 0) is 5.41 Å². The van der Waals surface area contributed by atoms with Crippen LogP contribution in [-0.4, -0.2) is 30.4 Å². The van der Waals surface area contributed by atoms with Gasteiger partial charge in [0, 0.05) is 36.5 Å². The number of fused-ring (bicyclic) bond motifs is 1. The lowest BCUT2D eigenvalue weighted by atomic mass is 9.81. The van der Waals surface area contributed by atoms with Crippen molar-refractivity contribution in [2.75, 3.05) is 25.0 Å². The summed E-state index contributed by atoms with van der Waals surface area (Å²) in [6, 6.07) is 17.8. The van der Waals surface area contributed by atoms with E-state index in [2.05, 4.69) is 105 Å². The van der Waals surface area contributed by atoms with Gasteiger partial charge >= 0.3 is 0 Å². The largest absolute Gasteiger partial charge is 0.372 e. The fourth-order valence-corrected chi connectivity index (χ4v) is 4.34. The molecule has 0 bridgehead atoms. The van der Waals surface area contributed by atoms with E-state index in [1.807, 2.05) is 0 Å². The molecule has 0 atom stereocenters. The van der Waals surface area contributed by atoms with Gasteiger partial charge in [-0.2, -0.15) is 4.58 Å². The van der Waals surface area contributed by atoms with Crippen LogP contribution >= 0.6 is 0 Å². The maximum atomic E-state index is 2.54. The summed E-state index contributed by atoms with van der Waals surface area (Å²) < 4.78 is 2.33. The van der Waals surface area contributed by atoms with Gasteiger partial charge in [0.1, 0.15) is 7.05 Å². The zero-order chi connectivity index (χ0) is 20.9. The molecule has 2 heteroatoms. The Morgan fingerprint density at radius 3 is 2.07 bits per heavy atom. The third kappa shape index (κ3) is 4.63. The molecule has 0 aromatic heterocycles. The predicted octanol–water partition coefficient (Wildman–Crippen LogP) is 6.81. The summed E-state index contributed by atoms with van der Waals surface area (Å²) in [4.78, 5) is 2.54. The summed E-state index contributed by atoms with van der Waals surface area (Å²) in [6.45, 7) is 11.5. The van der Waals surface area contributed by atoms with Crippen LogP contribution in [0.25, 0.3) is 6.08 Å². The molecule has 2 nitrogen and oxygen atoms in total. The van der Waals surface area contributed by atoms with Crippen molar-refractivity contribution in [1.82, 2.24) is 0 Å². The third-order valence-electron chi connectivity index (χ3n) is 6.20. The quantitative estimate of drug-likeness (QED) is 0.427. The molecular weight excluding hydrogens is 352 g/mol. The van der Waals surface area contributed by atoms with Crippen LogP contribution in [0.1, 0.15) is 64.5 Å². The van der Waals surface area contributed by atoms with E-state index in [0.717, 1.165) is 13.1 Å². The van der Waals surface area contributed by atoms with Gasteiger partial charge in [-0.15, -0.1) is 0 Å². The highest BCUT2D eigenvalue weighted by Crippen LogP contribution is 2.39. The first-order valence-corrected chi connectivity index (χ1v) is 11.2. The van der Waals surface area contributed by atoms with Crippen LogP contribution in [0.5, 0.6) is 0 Å². The molecule has 0 saturated heterocycles. The lowest BCUT2D eigenvalue weighted by Crippen LogP contribution is -2.26. The number of rotatable bonds is 9. The number of nitrogens with zero attached hydrogens (tertiary/aromatic N) is 2. The molecule has 0 fully saturated rings. The molecule has 1 aliphatic rings. The van der Waals surface area contributed by atoms with E-state index in [1.165, 1.54) is 53.9 Å². The second kappa shape index (κ2) is 9.43. The van der Waals surface area contributed by atoms with Crippen LogP contribution in [0.2, 0.25) is 0 Å². The molecule has 1 aliphatic heterocycles. The van der Waals surface area contributed by atoms with Crippen molar-refractivity contribution < 1.29 is 4.58 Å². The van der Waals surface area contributed by atoms with Gasteiger partial charge in [-0.1, -0.05) is 57.0 Å². The van der Waals surface area contributed by atoms with Crippen molar-refractivity contribution in [2.24, 2.45) is 0 Å². The van der Waals surface area contributed by atoms with Crippen LogP contribution in [0.3, 0.4) is 0 Å². The Balaban J connectivity index is 1.77. The first-order valence-electron chi connectivity index (χ1n) is 11.2. The molecule has 0 spiro atoms. The van der Waals surface area contributed by atoms with Gasteiger partial charge in [-0.25, -0.2) is 0 Å². The van der Waals surface area contributed by atoms with Gasteiger partial charge in [0.25, 0.3) is 0 Å². The molecule has 0 saturated carbocycles. The Morgan fingerprint density at radius 2 is 1.48 bits per heavy atom. The smallest absolute Gasteiger partial charge is 0.209 e. The summed E-state index contributed by atoms with van der Waals surface area (Å²) in [6.07, 6.45) is 9.55. The van der Waals surface area contributed by atoms with E-state index in [0.29, 0.717) is 0 Å². The SMILES string of the molecule is CCCCN(CCCC)c1ccc(/C=C/C2=[N+](C)c3ccccc3C2(C)C)cc1. The van der Waals surface area contributed by atoms with Crippen molar-refractivity contribution in [2.45, 2.75) is 58.8 Å². The Kier molecular flexibility index (Phi) is 6.95. The zero-order valence-electron chi connectivity index (χ0n) is 18.9. The summed E-state index contributed by atoms with van der Waals surface area (Å²) in [5.41, 5.74) is 6.69. The summed E-state index contributed by atoms with van der Waals surface area (Å²) in [5, 5.41) is 0. The molecule has 154 valence electrons. The van der Waals surface area contributed by atoms with E-state index < -0.39 is 0 Å². The summed E-state index contributed by atoms with van der Waals surface area (Å²) >= 11 is 0. The summed E-state index contributed by atoms with van der Waals surface area (Å²) in [7, 11) is 2.18. The van der Waals surface area contributed by atoms with Gasteiger partial charge in [-0.05, 0) is 50.5 Å². The number of allylic oxidation sites excluding steroid dienone is 1. The van der Waals surface area contributed by atoms with E-state index >= 15 is 0 Å². The number of benzene rings is 2. The van der Waals surface area contributed by atoms with Crippen LogP contribution < -0.4 is 4.90 Å². The highest BCUT2D eigenvalue weighted by Gasteiger charge is 2.42. The van der Waals surface area contributed by atoms with E-state index in [-0.39, 0.29) is 5.41 Å². The molecule has 0 unspecified atom stereocenters. The third-order valence-corrected chi connectivity index (χ3v) is 6.20. The van der Waals surface area contributed by atoms with Crippen molar-refractivity contribution in [3.05, 3.63) is 65.7 Å². The average Bonchev–Trinajstić information content (AvgIpc) is 2.93. The molecule has 2 aromatic carbocycles. The first-order chi connectivity index (χ1) is 14.0. The zero-order valence-corrected chi connectivity index (χ0v) is 18.9. The standard InChI is InChI=1S/C27H37N2/c1-6-8-20-29(21-9-7-2)23-17-14-22(15-18-23)16-19-26-27(3,4)24-12-10-11-13-25(24)28(26)5/h10-19H,6-9,20-21H2,1-5H3/q+1. The lowest BCUT2D eigenvalue weighted by molar-refractivity contribution is -0.401. The second-order valence-electron chi connectivity index (χ2n) is 8.71. The van der Waals surface area contributed by atoms with Crippen molar-refractivity contribution in [1.29, 1.82) is 0 Å². The van der Waals surface area contributed by atoms with Gasteiger partial charge in [0.15, 0.2) is 5.71 Å².